The van der Waals surface area contributed by atoms with E-state index in [2.05, 4.69) is 11.1 Å². The molecule has 1 N–H and O–H groups in total. The Morgan fingerprint density at radius 3 is 2.52 bits per heavy atom. The second-order valence-corrected chi connectivity index (χ2v) is 10.6. The van der Waals surface area contributed by atoms with Gasteiger partial charge in [0.25, 0.3) is 0 Å². The summed E-state index contributed by atoms with van der Waals surface area (Å²) in [4.78, 5) is 16.4. The van der Waals surface area contributed by atoms with Gasteiger partial charge in [-0.25, -0.2) is 0 Å². The fourth-order valence-electron chi connectivity index (χ4n) is 4.78. The van der Waals surface area contributed by atoms with Crippen LogP contribution >= 0.6 is 0 Å². The van der Waals surface area contributed by atoms with Crippen molar-refractivity contribution in [3.8, 4) is 22.9 Å². The number of fused-ring (bicyclic) bond motifs is 4. The number of aromatic nitrogens is 2. The van der Waals surface area contributed by atoms with Crippen LogP contribution in [0.2, 0.25) is 0 Å². The average Bonchev–Trinajstić information content (AvgIpc) is 3.29. The fraction of sp³-hybridized carbons (Fsp3) is 0.214. The van der Waals surface area contributed by atoms with Crippen molar-refractivity contribution in [3.05, 3.63) is 70.4 Å². The number of halogens is 4. The minimum atomic E-state index is -5.10. The number of H-pyrrole nitrogens is 1. The Morgan fingerprint density at radius 2 is 1.85 bits per heavy atom. The van der Waals surface area contributed by atoms with E-state index < -0.39 is 33.3 Å². The molecule has 7 nitrogen and oxygen atoms in total. The molecule has 0 amide bonds. The molecule has 2 aromatic heterocycles. The molecule has 0 radical (unpaired) electrons. The van der Waals surface area contributed by atoms with Crippen molar-refractivity contribution in [2.75, 3.05) is 6.61 Å². The largest absolute Gasteiger partial charge is 0.483 e. The quantitative estimate of drug-likeness (QED) is 0.176. The van der Waals surface area contributed by atoms with Crippen molar-refractivity contribution in [3.63, 3.8) is 0 Å². The molecule has 5 aromatic rings. The molecule has 0 saturated carbocycles. The number of hydrogen-bond donors (Lipinski definition) is 1. The van der Waals surface area contributed by atoms with E-state index in [1.165, 1.54) is 24.3 Å². The number of rotatable bonds is 7. The van der Waals surface area contributed by atoms with E-state index in [0.29, 0.717) is 46.0 Å². The molecule has 40 heavy (non-hydrogen) atoms. The Morgan fingerprint density at radius 1 is 1.07 bits per heavy atom. The van der Waals surface area contributed by atoms with Gasteiger partial charge in [0, 0.05) is 23.0 Å². The van der Waals surface area contributed by atoms with E-state index >= 15 is 0 Å². The summed E-state index contributed by atoms with van der Waals surface area (Å²) >= 11 is 0. The first-order valence-electron chi connectivity index (χ1n) is 12.2. The second kappa shape index (κ2) is 9.98. The predicted molar refractivity (Wildman–Crippen MR) is 142 cm³/mol. The molecule has 0 aliphatic carbocycles. The molecule has 2 heterocycles. The van der Waals surface area contributed by atoms with Gasteiger partial charge >= 0.3 is 16.4 Å². The molecule has 0 aliphatic heterocycles. The Bertz CT molecular complexity index is 2000. The van der Waals surface area contributed by atoms with Crippen LogP contribution in [0.4, 0.5) is 17.1 Å². The van der Waals surface area contributed by atoms with Gasteiger partial charge in [0.1, 0.15) is 11.4 Å². The molecule has 12 heteroatoms. The van der Waals surface area contributed by atoms with E-state index in [-0.39, 0.29) is 22.3 Å². The third-order valence-corrected chi connectivity index (χ3v) is 7.41. The molecule has 5 rings (SSSR count). The first kappa shape index (κ1) is 27.2. The molecule has 0 atom stereocenters. The molecule has 3 aromatic carbocycles. The molecular formula is C28H21F4N3O4S. The summed E-state index contributed by atoms with van der Waals surface area (Å²) in [5.41, 5.74) is 1.42. The van der Waals surface area contributed by atoms with Gasteiger partial charge in [0.05, 0.1) is 32.8 Å². The summed E-state index contributed by atoms with van der Waals surface area (Å²) in [6, 6.07) is 14.2. The van der Waals surface area contributed by atoms with Crippen LogP contribution in [0.5, 0.6) is 5.75 Å². The zero-order valence-corrected chi connectivity index (χ0v) is 21.8. The lowest BCUT2D eigenvalue weighted by Gasteiger charge is -2.18. The predicted octanol–water partition coefficient (Wildman–Crippen LogP) is 6.57. The maximum Gasteiger partial charge on any atom is 0.422 e. The number of nitrogens with one attached hydrogen (secondary N) is 1. The van der Waals surface area contributed by atoms with Gasteiger partial charge in [0.2, 0.25) is 0 Å². The van der Waals surface area contributed by atoms with Crippen molar-refractivity contribution in [1.82, 2.24) is 9.55 Å². The minimum Gasteiger partial charge on any atom is -0.483 e. The SMILES string of the molecule is CCCCn1c2cc(-c3cccc(S(=O)(=O)F)c3)c(OCC(F)(F)F)cc2c(=O)c2c3ccc(C#N)cc3[nH]c21. The number of nitrogens with zero attached hydrogens (tertiary/aromatic N) is 2. The summed E-state index contributed by atoms with van der Waals surface area (Å²) in [6.45, 7) is 0.745. The highest BCUT2D eigenvalue weighted by Crippen LogP contribution is 2.37. The number of nitriles is 1. The molecule has 0 aliphatic rings. The lowest BCUT2D eigenvalue weighted by atomic mass is 10.0. The Labute approximate surface area is 225 Å². The van der Waals surface area contributed by atoms with Gasteiger partial charge in [-0.1, -0.05) is 31.5 Å². The number of pyridine rings is 1. The molecular weight excluding hydrogens is 550 g/mol. The smallest absolute Gasteiger partial charge is 0.422 e. The van der Waals surface area contributed by atoms with Crippen LogP contribution in [0.15, 0.2) is 64.3 Å². The Balaban J connectivity index is 1.89. The summed E-state index contributed by atoms with van der Waals surface area (Å²) in [7, 11) is -5.10. The van der Waals surface area contributed by atoms with E-state index in [4.69, 9.17) is 4.74 Å². The third-order valence-electron chi connectivity index (χ3n) is 6.59. The monoisotopic (exact) mass is 571 g/mol. The average molecular weight is 572 g/mol. The van der Waals surface area contributed by atoms with Gasteiger partial charge < -0.3 is 14.3 Å². The Hall–Kier alpha value is -4.37. The number of hydrogen-bond acceptors (Lipinski definition) is 5. The van der Waals surface area contributed by atoms with Gasteiger partial charge in [-0.3, -0.25) is 4.79 Å². The van der Waals surface area contributed by atoms with Crippen LogP contribution in [0.3, 0.4) is 0 Å². The maximum absolute atomic E-state index is 13.8. The van der Waals surface area contributed by atoms with Crippen LogP contribution in [-0.2, 0) is 16.8 Å². The lowest BCUT2D eigenvalue weighted by Crippen LogP contribution is -2.20. The number of benzene rings is 3. The molecule has 0 bridgehead atoms. The van der Waals surface area contributed by atoms with Crippen molar-refractivity contribution in [2.24, 2.45) is 0 Å². The molecule has 0 unspecified atom stereocenters. The standard InChI is InChI=1S/C28H21F4N3O4S/c1-2-3-9-35-23-12-20(17-5-4-6-18(11-17)40(32,37)38)24(39-15-28(29,30)31)13-21(23)26(36)25-19-8-7-16(14-33)10-22(19)34-27(25)35/h4-8,10-13,34H,2-3,9,15H2,1H3. The van der Waals surface area contributed by atoms with Gasteiger partial charge in [-0.05, 0) is 48.4 Å². The van der Waals surface area contributed by atoms with Crippen molar-refractivity contribution in [1.29, 1.82) is 5.26 Å². The summed E-state index contributed by atoms with van der Waals surface area (Å²) in [6.07, 6.45) is -3.20. The van der Waals surface area contributed by atoms with E-state index in [9.17, 15) is 35.5 Å². The number of unbranched alkanes of at least 4 members (excludes halogenated alkanes) is 1. The fourth-order valence-corrected chi connectivity index (χ4v) is 5.29. The van der Waals surface area contributed by atoms with E-state index in [0.717, 1.165) is 18.6 Å². The summed E-state index contributed by atoms with van der Waals surface area (Å²) < 4.78 is 83.3. The van der Waals surface area contributed by atoms with Gasteiger partial charge in [-0.15, -0.1) is 3.89 Å². The highest BCUT2D eigenvalue weighted by Gasteiger charge is 2.29. The highest BCUT2D eigenvalue weighted by molar-refractivity contribution is 7.86. The van der Waals surface area contributed by atoms with Crippen molar-refractivity contribution < 1.29 is 30.2 Å². The van der Waals surface area contributed by atoms with Gasteiger partial charge in [0.15, 0.2) is 12.0 Å². The van der Waals surface area contributed by atoms with Crippen LogP contribution in [0.25, 0.3) is 44.0 Å². The lowest BCUT2D eigenvalue weighted by molar-refractivity contribution is -0.153. The first-order valence-corrected chi connectivity index (χ1v) is 13.6. The maximum atomic E-state index is 13.8. The third kappa shape index (κ3) is 5.00. The number of ether oxygens (including phenoxy) is 1. The highest BCUT2D eigenvalue weighted by atomic mass is 32.3. The van der Waals surface area contributed by atoms with Gasteiger partial charge in [-0.2, -0.15) is 26.9 Å². The Kier molecular flexibility index (Phi) is 6.79. The van der Waals surface area contributed by atoms with E-state index in [1.54, 1.807) is 18.2 Å². The van der Waals surface area contributed by atoms with E-state index in [1.807, 2.05) is 11.5 Å². The molecule has 0 saturated heterocycles. The van der Waals surface area contributed by atoms with Crippen LogP contribution in [0, 0.1) is 11.3 Å². The van der Waals surface area contributed by atoms with Crippen LogP contribution in [-0.4, -0.2) is 30.8 Å². The normalized spacial score (nSPS) is 12.3. The molecule has 206 valence electrons. The molecule has 0 spiro atoms. The van der Waals surface area contributed by atoms with Crippen LogP contribution in [0.1, 0.15) is 25.3 Å². The zero-order valence-electron chi connectivity index (χ0n) is 21.0. The minimum absolute atomic E-state index is 0.0501. The second-order valence-electron chi connectivity index (χ2n) is 9.29. The summed E-state index contributed by atoms with van der Waals surface area (Å²) in [5.74, 6) is -0.316. The van der Waals surface area contributed by atoms with Crippen LogP contribution < -0.4 is 10.2 Å². The number of aromatic amines is 1. The first-order chi connectivity index (χ1) is 18.9. The number of alkyl halides is 3. The summed E-state index contributed by atoms with van der Waals surface area (Å²) in [5, 5.41) is 10.3. The number of aryl methyl sites for hydroxylation is 1. The zero-order chi connectivity index (χ0) is 28.8. The topological polar surface area (TPSA) is 105 Å². The van der Waals surface area contributed by atoms with Crippen molar-refractivity contribution >= 4 is 43.1 Å². The van der Waals surface area contributed by atoms with Crippen molar-refractivity contribution in [2.45, 2.75) is 37.4 Å². The molecule has 0 fully saturated rings.